The standard InChI is InChI=1S/C13H16FN5O/c1-8(2)20-13-17-11(15)16-12(18-13)19(3)10-7-5-4-6-9(10)14/h4-8H,1-3H3,(H2,15,16,17,18). The van der Waals surface area contributed by atoms with Gasteiger partial charge in [0.05, 0.1) is 11.8 Å². The molecule has 0 bridgehead atoms. The van der Waals surface area contributed by atoms with Crippen molar-refractivity contribution in [1.82, 2.24) is 15.0 Å². The van der Waals surface area contributed by atoms with E-state index in [2.05, 4.69) is 15.0 Å². The molecule has 0 aliphatic heterocycles. The van der Waals surface area contributed by atoms with Crippen molar-refractivity contribution in [3.8, 4) is 6.01 Å². The molecule has 20 heavy (non-hydrogen) atoms. The Kier molecular flexibility index (Phi) is 3.97. The Morgan fingerprint density at radius 2 is 1.90 bits per heavy atom. The van der Waals surface area contributed by atoms with Crippen LogP contribution in [-0.2, 0) is 0 Å². The van der Waals surface area contributed by atoms with E-state index in [0.29, 0.717) is 5.69 Å². The summed E-state index contributed by atoms with van der Waals surface area (Å²) in [5, 5.41) is 0. The minimum Gasteiger partial charge on any atom is -0.461 e. The fourth-order valence-electron chi connectivity index (χ4n) is 1.61. The lowest BCUT2D eigenvalue weighted by molar-refractivity contribution is 0.222. The highest BCUT2D eigenvalue weighted by Gasteiger charge is 2.14. The summed E-state index contributed by atoms with van der Waals surface area (Å²) in [5.41, 5.74) is 5.97. The first kappa shape index (κ1) is 14.0. The molecular formula is C13H16FN5O. The van der Waals surface area contributed by atoms with Gasteiger partial charge >= 0.3 is 6.01 Å². The van der Waals surface area contributed by atoms with Gasteiger partial charge in [0.15, 0.2) is 0 Å². The van der Waals surface area contributed by atoms with E-state index in [4.69, 9.17) is 10.5 Å². The smallest absolute Gasteiger partial charge is 0.323 e. The number of para-hydroxylation sites is 1. The fraction of sp³-hybridized carbons (Fsp3) is 0.308. The molecule has 106 valence electrons. The normalized spacial score (nSPS) is 10.7. The van der Waals surface area contributed by atoms with E-state index in [-0.39, 0.29) is 29.8 Å². The van der Waals surface area contributed by atoms with Crippen LogP contribution in [0.15, 0.2) is 24.3 Å². The molecule has 0 fully saturated rings. The summed E-state index contributed by atoms with van der Waals surface area (Å²) in [5.74, 6) is -0.132. The van der Waals surface area contributed by atoms with Gasteiger partial charge in [-0.3, -0.25) is 0 Å². The van der Waals surface area contributed by atoms with Crippen molar-refractivity contribution >= 4 is 17.6 Å². The number of halogens is 1. The van der Waals surface area contributed by atoms with Gasteiger partial charge in [0, 0.05) is 7.05 Å². The molecule has 2 rings (SSSR count). The highest BCUT2D eigenvalue weighted by atomic mass is 19.1. The third-order valence-electron chi connectivity index (χ3n) is 2.48. The molecule has 0 atom stereocenters. The lowest BCUT2D eigenvalue weighted by Crippen LogP contribution is -2.18. The lowest BCUT2D eigenvalue weighted by atomic mass is 10.3. The molecule has 1 aromatic carbocycles. The van der Waals surface area contributed by atoms with Crippen LogP contribution in [0.2, 0.25) is 0 Å². The van der Waals surface area contributed by atoms with Crippen molar-refractivity contribution in [2.45, 2.75) is 20.0 Å². The number of anilines is 3. The van der Waals surface area contributed by atoms with Crippen LogP contribution in [-0.4, -0.2) is 28.1 Å². The molecule has 1 aromatic heterocycles. The van der Waals surface area contributed by atoms with Crippen LogP contribution in [0.25, 0.3) is 0 Å². The molecule has 7 heteroatoms. The van der Waals surface area contributed by atoms with E-state index in [9.17, 15) is 4.39 Å². The molecule has 0 saturated heterocycles. The fourth-order valence-corrected chi connectivity index (χ4v) is 1.61. The van der Waals surface area contributed by atoms with E-state index in [0.717, 1.165) is 0 Å². The molecular weight excluding hydrogens is 261 g/mol. The molecule has 0 radical (unpaired) electrons. The Morgan fingerprint density at radius 1 is 1.20 bits per heavy atom. The second-order valence-electron chi connectivity index (χ2n) is 4.45. The van der Waals surface area contributed by atoms with E-state index in [1.807, 2.05) is 13.8 Å². The molecule has 0 amide bonds. The van der Waals surface area contributed by atoms with Crippen LogP contribution < -0.4 is 15.4 Å². The summed E-state index contributed by atoms with van der Waals surface area (Å²) in [4.78, 5) is 13.5. The quantitative estimate of drug-likeness (QED) is 0.922. The van der Waals surface area contributed by atoms with Crippen molar-refractivity contribution < 1.29 is 9.13 Å². The topological polar surface area (TPSA) is 77.2 Å². The third kappa shape index (κ3) is 3.11. The summed E-state index contributed by atoms with van der Waals surface area (Å²) in [7, 11) is 1.65. The first-order valence-electron chi connectivity index (χ1n) is 6.14. The summed E-state index contributed by atoms with van der Waals surface area (Å²) in [6.07, 6.45) is -0.0941. The Bertz CT molecular complexity index is 605. The minimum absolute atomic E-state index is 0.0221. The van der Waals surface area contributed by atoms with Crippen molar-refractivity contribution in [2.75, 3.05) is 17.7 Å². The first-order chi connectivity index (χ1) is 9.47. The van der Waals surface area contributed by atoms with Crippen LogP contribution in [0.5, 0.6) is 6.01 Å². The highest BCUT2D eigenvalue weighted by molar-refractivity contribution is 5.57. The molecule has 0 saturated carbocycles. The third-order valence-corrected chi connectivity index (χ3v) is 2.48. The van der Waals surface area contributed by atoms with Crippen LogP contribution in [0.4, 0.5) is 22.0 Å². The van der Waals surface area contributed by atoms with Gasteiger partial charge in [-0.15, -0.1) is 0 Å². The molecule has 0 unspecified atom stereocenters. The van der Waals surface area contributed by atoms with Crippen LogP contribution in [0.1, 0.15) is 13.8 Å². The Labute approximate surface area is 116 Å². The lowest BCUT2D eigenvalue weighted by Gasteiger charge is -2.18. The van der Waals surface area contributed by atoms with Gasteiger partial charge in [-0.05, 0) is 26.0 Å². The van der Waals surface area contributed by atoms with Crippen molar-refractivity contribution in [3.63, 3.8) is 0 Å². The molecule has 1 heterocycles. The van der Waals surface area contributed by atoms with Crippen LogP contribution in [0.3, 0.4) is 0 Å². The van der Waals surface area contributed by atoms with Gasteiger partial charge in [0.1, 0.15) is 5.82 Å². The number of nitrogens with two attached hydrogens (primary N) is 1. The molecule has 0 spiro atoms. The molecule has 0 aliphatic rings. The van der Waals surface area contributed by atoms with Gasteiger partial charge < -0.3 is 15.4 Å². The number of hydrogen-bond donors (Lipinski definition) is 1. The SMILES string of the molecule is CC(C)Oc1nc(N)nc(N(C)c2ccccc2F)n1. The molecule has 2 aromatic rings. The van der Waals surface area contributed by atoms with Gasteiger partial charge in [-0.1, -0.05) is 12.1 Å². The molecule has 0 aliphatic carbocycles. The second kappa shape index (κ2) is 5.68. The maximum Gasteiger partial charge on any atom is 0.323 e. The highest BCUT2D eigenvalue weighted by Crippen LogP contribution is 2.24. The summed E-state index contributed by atoms with van der Waals surface area (Å²) in [6.45, 7) is 3.69. The van der Waals surface area contributed by atoms with E-state index < -0.39 is 0 Å². The summed E-state index contributed by atoms with van der Waals surface area (Å²) < 4.78 is 19.2. The van der Waals surface area contributed by atoms with Crippen LogP contribution in [0, 0.1) is 5.82 Å². The molecule has 2 N–H and O–H groups in total. The predicted molar refractivity (Wildman–Crippen MR) is 74.5 cm³/mol. The van der Waals surface area contributed by atoms with E-state index in [1.165, 1.54) is 11.0 Å². The number of ether oxygens (including phenoxy) is 1. The maximum atomic E-state index is 13.8. The number of hydrogen-bond acceptors (Lipinski definition) is 6. The van der Waals surface area contributed by atoms with Gasteiger partial charge in [0.25, 0.3) is 0 Å². The van der Waals surface area contributed by atoms with Crippen molar-refractivity contribution in [2.24, 2.45) is 0 Å². The number of aromatic nitrogens is 3. The number of benzene rings is 1. The van der Waals surface area contributed by atoms with Gasteiger partial charge in [0.2, 0.25) is 11.9 Å². The summed E-state index contributed by atoms with van der Waals surface area (Å²) >= 11 is 0. The monoisotopic (exact) mass is 277 g/mol. The zero-order chi connectivity index (χ0) is 14.7. The maximum absolute atomic E-state index is 13.8. The Hall–Kier alpha value is -2.44. The zero-order valence-electron chi connectivity index (χ0n) is 11.5. The van der Waals surface area contributed by atoms with Crippen molar-refractivity contribution in [1.29, 1.82) is 0 Å². The number of rotatable bonds is 4. The van der Waals surface area contributed by atoms with Gasteiger partial charge in [-0.2, -0.15) is 15.0 Å². The average molecular weight is 277 g/mol. The Balaban J connectivity index is 2.37. The van der Waals surface area contributed by atoms with E-state index >= 15 is 0 Å². The van der Waals surface area contributed by atoms with Gasteiger partial charge in [-0.25, -0.2) is 4.39 Å². The first-order valence-corrected chi connectivity index (χ1v) is 6.14. The molecule has 6 nitrogen and oxygen atoms in total. The Morgan fingerprint density at radius 3 is 2.55 bits per heavy atom. The van der Waals surface area contributed by atoms with Crippen molar-refractivity contribution in [3.05, 3.63) is 30.1 Å². The number of nitrogens with zero attached hydrogens (tertiary/aromatic N) is 4. The van der Waals surface area contributed by atoms with Crippen LogP contribution >= 0.6 is 0 Å². The summed E-state index contributed by atoms with van der Waals surface area (Å²) in [6, 6.07) is 6.44. The number of nitrogen functional groups attached to an aromatic ring is 1. The second-order valence-corrected chi connectivity index (χ2v) is 4.45. The average Bonchev–Trinajstić information content (AvgIpc) is 2.37. The minimum atomic E-state index is -0.375. The predicted octanol–water partition coefficient (Wildman–Crippen LogP) is 2.15. The zero-order valence-corrected chi connectivity index (χ0v) is 11.5. The van der Waals surface area contributed by atoms with E-state index in [1.54, 1.807) is 25.2 Å². The largest absolute Gasteiger partial charge is 0.461 e.